The van der Waals surface area contributed by atoms with Gasteiger partial charge >= 0.3 is 0 Å². The summed E-state index contributed by atoms with van der Waals surface area (Å²) in [6, 6.07) is 12.2. The number of pyridine rings is 1. The molecule has 2 N–H and O–H groups in total. The molecular formula is C20H26N2O2. The average molecular weight is 326 g/mol. The Kier molecular flexibility index (Phi) is 5.70. The third-order valence-corrected chi connectivity index (χ3v) is 4.86. The number of nitrogens with zero attached hydrogens (tertiary/aromatic N) is 1. The van der Waals surface area contributed by atoms with Crippen LogP contribution in [0.2, 0.25) is 0 Å². The molecule has 0 radical (unpaired) electrons. The number of aromatic nitrogens is 1. The molecule has 1 fully saturated rings. The molecular weight excluding hydrogens is 300 g/mol. The summed E-state index contributed by atoms with van der Waals surface area (Å²) in [5, 5.41) is 13.8. The predicted octanol–water partition coefficient (Wildman–Crippen LogP) is 3.41. The van der Waals surface area contributed by atoms with Gasteiger partial charge in [0, 0.05) is 24.3 Å². The monoisotopic (exact) mass is 326 g/mol. The van der Waals surface area contributed by atoms with E-state index in [1.165, 1.54) is 38.5 Å². The maximum absolute atomic E-state index is 12.4. The van der Waals surface area contributed by atoms with Crippen LogP contribution >= 0.6 is 0 Å². The summed E-state index contributed by atoms with van der Waals surface area (Å²) in [5.41, 5.74) is 1.41. The topological polar surface area (TPSA) is 54.3 Å². The molecule has 0 aliphatic heterocycles. The highest BCUT2D eigenvalue weighted by molar-refractivity contribution is 5.29. The zero-order chi connectivity index (χ0) is 16.8. The summed E-state index contributed by atoms with van der Waals surface area (Å²) in [6.45, 7) is 1.03. The lowest BCUT2D eigenvalue weighted by Crippen LogP contribution is -2.29. The Hall–Kier alpha value is -2.07. The second-order valence-electron chi connectivity index (χ2n) is 6.68. The van der Waals surface area contributed by atoms with Gasteiger partial charge in [0.15, 0.2) is 5.75 Å². The number of aromatic hydroxyl groups is 1. The minimum atomic E-state index is -0.320. The molecule has 0 bridgehead atoms. The lowest BCUT2D eigenvalue weighted by Gasteiger charge is -2.17. The molecule has 24 heavy (non-hydrogen) atoms. The first-order valence-corrected chi connectivity index (χ1v) is 8.92. The summed E-state index contributed by atoms with van der Waals surface area (Å²) in [6.07, 6.45) is 9.32. The Morgan fingerprint density at radius 3 is 2.46 bits per heavy atom. The van der Waals surface area contributed by atoms with Crippen molar-refractivity contribution in [2.75, 3.05) is 0 Å². The first kappa shape index (κ1) is 16.8. The van der Waals surface area contributed by atoms with Crippen LogP contribution in [-0.2, 0) is 13.1 Å². The Balaban J connectivity index is 1.67. The van der Waals surface area contributed by atoms with Crippen LogP contribution in [0.25, 0.3) is 0 Å². The van der Waals surface area contributed by atoms with Crippen molar-refractivity contribution < 1.29 is 5.11 Å². The summed E-state index contributed by atoms with van der Waals surface area (Å²) in [4.78, 5) is 12.4. The van der Waals surface area contributed by atoms with Crippen molar-refractivity contribution in [2.45, 2.75) is 57.7 Å². The third-order valence-electron chi connectivity index (χ3n) is 4.86. The molecule has 0 unspecified atom stereocenters. The van der Waals surface area contributed by atoms with E-state index < -0.39 is 0 Å². The smallest absolute Gasteiger partial charge is 0.293 e. The second kappa shape index (κ2) is 8.15. The normalized spacial score (nSPS) is 16.0. The SMILES string of the molecule is O=c1c(O)c(CNC2CCCCCC2)ccn1Cc1ccccc1. The van der Waals surface area contributed by atoms with Crippen molar-refractivity contribution in [2.24, 2.45) is 0 Å². The van der Waals surface area contributed by atoms with Crippen molar-refractivity contribution in [3.05, 3.63) is 64.1 Å². The first-order chi connectivity index (χ1) is 11.7. The van der Waals surface area contributed by atoms with E-state index >= 15 is 0 Å². The van der Waals surface area contributed by atoms with Gasteiger partial charge in [0.1, 0.15) is 0 Å². The van der Waals surface area contributed by atoms with Gasteiger partial charge < -0.3 is 15.0 Å². The molecule has 0 spiro atoms. The zero-order valence-corrected chi connectivity index (χ0v) is 14.1. The molecule has 1 heterocycles. The fourth-order valence-corrected chi connectivity index (χ4v) is 3.39. The van der Waals surface area contributed by atoms with E-state index in [-0.39, 0.29) is 11.3 Å². The first-order valence-electron chi connectivity index (χ1n) is 8.92. The highest BCUT2D eigenvalue weighted by Gasteiger charge is 2.14. The minimum absolute atomic E-state index is 0.130. The molecule has 3 rings (SSSR count). The number of hydrogen-bond acceptors (Lipinski definition) is 3. The van der Waals surface area contributed by atoms with Gasteiger partial charge in [-0.2, -0.15) is 0 Å². The van der Waals surface area contributed by atoms with Crippen LogP contribution in [-0.4, -0.2) is 15.7 Å². The maximum atomic E-state index is 12.4. The summed E-state index contributed by atoms with van der Waals surface area (Å²) < 4.78 is 1.56. The van der Waals surface area contributed by atoms with Crippen LogP contribution in [0, 0.1) is 0 Å². The van der Waals surface area contributed by atoms with E-state index in [2.05, 4.69) is 5.32 Å². The lowest BCUT2D eigenvalue weighted by molar-refractivity contribution is 0.428. The van der Waals surface area contributed by atoms with Crippen LogP contribution in [0.4, 0.5) is 0 Å². The molecule has 1 aromatic carbocycles. The van der Waals surface area contributed by atoms with Gasteiger partial charge in [-0.3, -0.25) is 4.79 Å². The zero-order valence-electron chi connectivity index (χ0n) is 14.1. The lowest BCUT2D eigenvalue weighted by atomic mass is 10.1. The van der Waals surface area contributed by atoms with Crippen LogP contribution < -0.4 is 10.9 Å². The largest absolute Gasteiger partial charge is 0.503 e. The number of rotatable bonds is 5. The predicted molar refractivity (Wildman–Crippen MR) is 96.2 cm³/mol. The number of hydrogen-bond donors (Lipinski definition) is 2. The Morgan fingerprint density at radius 2 is 1.75 bits per heavy atom. The summed E-state index contributed by atoms with van der Waals surface area (Å²) in [5.74, 6) is -0.130. The molecule has 0 atom stereocenters. The molecule has 1 aliphatic carbocycles. The van der Waals surface area contributed by atoms with Gasteiger partial charge in [0.25, 0.3) is 5.56 Å². The van der Waals surface area contributed by atoms with Gasteiger partial charge in [-0.05, 0) is 24.5 Å². The summed E-state index contributed by atoms with van der Waals surface area (Å²) >= 11 is 0. The van der Waals surface area contributed by atoms with Crippen LogP contribution in [0.1, 0.15) is 49.7 Å². The molecule has 1 saturated carbocycles. The van der Waals surface area contributed by atoms with Crippen molar-refractivity contribution >= 4 is 0 Å². The quantitative estimate of drug-likeness (QED) is 0.828. The second-order valence-corrected chi connectivity index (χ2v) is 6.68. The fourth-order valence-electron chi connectivity index (χ4n) is 3.39. The van der Waals surface area contributed by atoms with Crippen LogP contribution in [0.3, 0.4) is 0 Å². The third kappa shape index (κ3) is 4.26. The molecule has 0 saturated heterocycles. The van der Waals surface area contributed by atoms with E-state index in [0.29, 0.717) is 24.7 Å². The Morgan fingerprint density at radius 1 is 1.04 bits per heavy atom. The highest BCUT2D eigenvalue weighted by atomic mass is 16.3. The minimum Gasteiger partial charge on any atom is -0.503 e. The Labute approximate surface area is 143 Å². The van der Waals surface area contributed by atoms with Crippen molar-refractivity contribution in [1.82, 2.24) is 9.88 Å². The van der Waals surface area contributed by atoms with Gasteiger partial charge in [-0.25, -0.2) is 0 Å². The molecule has 4 nitrogen and oxygen atoms in total. The van der Waals surface area contributed by atoms with E-state index in [4.69, 9.17) is 0 Å². The standard InChI is InChI=1S/C20H26N2O2/c23-19-17(14-21-18-10-6-1-2-7-11-18)12-13-22(20(19)24)15-16-8-4-3-5-9-16/h3-5,8-9,12-13,18,21,23H,1-2,6-7,10-11,14-15H2. The van der Waals surface area contributed by atoms with Crippen LogP contribution in [0.5, 0.6) is 5.75 Å². The van der Waals surface area contributed by atoms with Crippen molar-refractivity contribution in [1.29, 1.82) is 0 Å². The maximum Gasteiger partial charge on any atom is 0.293 e. The summed E-state index contributed by atoms with van der Waals surface area (Å²) in [7, 11) is 0. The molecule has 2 aromatic rings. The highest BCUT2D eigenvalue weighted by Crippen LogP contribution is 2.18. The molecule has 128 valence electrons. The molecule has 0 amide bonds. The van der Waals surface area contributed by atoms with Crippen molar-refractivity contribution in [3.63, 3.8) is 0 Å². The number of nitrogens with one attached hydrogen (secondary N) is 1. The van der Waals surface area contributed by atoms with Gasteiger partial charge in [0.05, 0.1) is 6.54 Å². The molecule has 1 aromatic heterocycles. The van der Waals surface area contributed by atoms with E-state index in [0.717, 1.165) is 5.56 Å². The van der Waals surface area contributed by atoms with Gasteiger partial charge in [0.2, 0.25) is 0 Å². The van der Waals surface area contributed by atoms with Crippen molar-refractivity contribution in [3.8, 4) is 5.75 Å². The molecule has 1 aliphatic rings. The Bertz CT molecular complexity index is 701. The van der Waals surface area contributed by atoms with E-state index in [9.17, 15) is 9.90 Å². The van der Waals surface area contributed by atoms with E-state index in [1.807, 2.05) is 36.4 Å². The van der Waals surface area contributed by atoms with E-state index in [1.54, 1.807) is 10.8 Å². The fraction of sp³-hybridized carbons (Fsp3) is 0.450. The number of benzene rings is 1. The van der Waals surface area contributed by atoms with Crippen LogP contribution in [0.15, 0.2) is 47.4 Å². The average Bonchev–Trinajstić information content (AvgIpc) is 2.88. The molecule has 4 heteroatoms. The van der Waals surface area contributed by atoms with Gasteiger partial charge in [-0.15, -0.1) is 0 Å². The van der Waals surface area contributed by atoms with Gasteiger partial charge in [-0.1, -0.05) is 56.0 Å².